The standard InChI is InChI=1S/C16H22N4O3S/c1-12-5-4-6-14(9-12)19(24(3,21)22)10-16-17-13(2)18-20(16)15-7-8-23-11-15/h4-6,9,15H,7-8,10-11H2,1-3H3. The third kappa shape index (κ3) is 3.59. The molecule has 0 N–H and O–H groups in total. The third-order valence-corrected chi connectivity index (χ3v) is 5.17. The molecular weight excluding hydrogens is 328 g/mol. The summed E-state index contributed by atoms with van der Waals surface area (Å²) < 4.78 is 33.3. The molecule has 3 rings (SSSR count). The first kappa shape index (κ1) is 16.9. The zero-order chi connectivity index (χ0) is 17.3. The number of hydrogen-bond donors (Lipinski definition) is 0. The maximum absolute atomic E-state index is 12.3. The summed E-state index contributed by atoms with van der Waals surface area (Å²) in [6, 6.07) is 7.55. The maximum atomic E-state index is 12.3. The monoisotopic (exact) mass is 350 g/mol. The molecule has 1 aromatic heterocycles. The molecular formula is C16H22N4O3S. The van der Waals surface area contributed by atoms with Gasteiger partial charge in [0.1, 0.15) is 11.6 Å². The van der Waals surface area contributed by atoms with Crippen molar-refractivity contribution in [1.29, 1.82) is 0 Å². The van der Waals surface area contributed by atoms with Gasteiger partial charge >= 0.3 is 0 Å². The van der Waals surface area contributed by atoms with Crippen LogP contribution in [0.3, 0.4) is 0 Å². The molecule has 24 heavy (non-hydrogen) atoms. The van der Waals surface area contributed by atoms with E-state index < -0.39 is 10.0 Å². The highest BCUT2D eigenvalue weighted by molar-refractivity contribution is 7.92. The van der Waals surface area contributed by atoms with E-state index in [1.54, 1.807) is 6.07 Å². The molecule has 0 radical (unpaired) electrons. The summed E-state index contributed by atoms with van der Waals surface area (Å²) in [4.78, 5) is 4.45. The minimum Gasteiger partial charge on any atom is -0.379 e. The largest absolute Gasteiger partial charge is 0.379 e. The lowest BCUT2D eigenvalue weighted by molar-refractivity contribution is 0.184. The lowest BCUT2D eigenvalue weighted by atomic mass is 10.2. The molecule has 1 aliphatic rings. The summed E-state index contributed by atoms with van der Waals surface area (Å²) in [7, 11) is -3.44. The normalized spacial score (nSPS) is 18.0. The third-order valence-electron chi connectivity index (χ3n) is 4.03. The van der Waals surface area contributed by atoms with E-state index in [0.717, 1.165) is 12.0 Å². The Labute approximate surface area is 142 Å². The van der Waals surface area contributed by atoms with Gasteiger partial charge in [0, 0.05) is 6.61 Å². The first-order chi connectivity index (χ1) is 11.3. The Bertz CT molecular complexity index is 826. The molecule has 130 valence electrons. The number of rotatable bonds is 5. The van der Waals surface area contributed by atoms with Crippen molar-refractivity contribution >= 4 is 15.7 Å². The lowest BCUT2D eigenvalue weighted by Gasteiger charge is -2.23. The van der Waals surface area contributed by atoms with Crippen LogP contribution in [0.5, 0.6) is 0 Å². The van der Waals surface area contributed by atoms with Crippen LogP contribution in [0.4, 0.5) is 5.69 Å². The number of nitrogens with zero attached hydrogens (tertiary/aromatic N) is 4. The van der Waals surface area contributed by atoms with Crippen LogP contribution in [0.15, 0.2) is 24.3 Å². The Morgan fingerprint density at radius 3 is 2.79 bits per heavy atom. The molecule has 1 saturated heterocycles. The predicted molar refractivity (Wildman–Crippen MR) is 91.4 cm³/mol. The van der Waals surface area contributed by atoms with Gasteiger partial charge < -0.3 is 4.74 Å². The van der Waals surface area contributed by atoms with Crippen LogP contribution in [0.1, 0.15) is 29.7 Å². The number of hydrogen-bond acceptors (Lipinski definition) is 5. The van der Waals surface area contributed by atoms with Crippen molar-refractivity contribution < 1.29 is 13.2 Å². The van der Waals surface area contributed by atoms with Gasteiger partial charge in [-0.15, -0.1) is 0 Å². The molecule has 1 atom stereocenters. The van der Waals surface area contributed by atoms with E-state index in [4.69, 9.17) is 4.74 Å². The summed E-state index contributed by atoms with van der Waals surface area (Å²) in [5.41, 5.74) is 1.63. The molecule has 1 aliphatic heterocycles. The van der Waals surface area contributed by atoms with E-state index in [0.29, 0.717) is 30.5 Å². The second-order valence-corrected chi connectivity index (χ2v) is 8.05. The molecule has 1 unspecified atom stereocenters. The van der Waals surface area contributed by atoms with Crippen LogP contribution in [0, 0.1) is 13.8 Å². The molecule has 2 aromatic rings. The van der Waals surface area contributed by atoms with E-state index in [9.17, 15) is 8.42 Å². The van der Waals surface area contributed by atoms with E-state index in [1.165, 1.54) is 10.6 Å². The van der Waals surface area contributed by atoms with Gasteiger partial charge in [-0.3, -0.25) is 4.31 Å². The average Bonchev–Trinajstić information content (AvgIpc) is 3.12. The zero-order valence-electron chi connectivity index (χ0n) is 14.1. The molecule has 0 saturated carbocycles. The van der Waals surface area contributed by atoms with E-state index in [1.807, 2.05) is 36.7 Å². The number of benzene rings is 1. The quantitative estimate of drug-likeness (QED) is 0.822. The number of aromatic nitrogens is 3. The summed E-state index contributed by atoms with van der Waals surface area (Å²) in [5, 5.41) is 4.44. The molecule has 0 amide bonds. The maximum Gasteiger partial charge on any atom is 0.232 e. The molecule has 2 heterocycles. The molecule has 0 spiro atoms. The van der Waals surface area contributed by atoms with Gasteiger partial charge in [-0.05, 0) is 38.0 Å². The number of anilines is 1. The van der Waals surface area contributed by atoms with Gasteiger partial charge in [-0.25, -0.2) is 18.1 Å². The second-order valence-electron chi connectivity index (χ2n) is 6.15. The molecule has 0 bridgehead atoms. The highest BCUT2D eigenvalue weighted by Gasteiger charge is 2.26. The van der Waals surface area contributed by atoms with Crippen LogP contribution >= 0.6 is 0 Å². The van der Waals surface area contributed by atoms with Gasteiger partial charge in [0.05, 0.1) is 31.1 Å². The molecule has 1 fully saturated rings. The van der Waals surface area contributed by atoms with Crippen molar-refractivity contribution in [2.45, 2.75) is 32.9 Å². The molecule has 7 nitrogen and oxygen atoms in total. The Morgan fingerprint density at radius 1 is 1.38 bits per heavy atom. The Balaban J connectivity index is 1.97. The molecule has 1 aromatic carbocycles. The Morgan fingerprint density at radius 2 is 2.17 bits per heavy atom. The summed E-state index contributed by atoms with van der Waals surface area (Å²) in [6.45, 7) is 5.18. The first-order valence-electron chi connectivity index (χ1n) is 7.89. The SMILES string of the molecule is Cc1cccc(N(Cc2nc(C)nn2C2CCOC2)S(C)(=O)=O)c1. The van der Waals surface area contributed by atoms with Crippen molar-refractivity contribution in [3.63, 3.8) is 0 Å². The molecule has 0 aliphatic carbocycles. The van der Waals surface area contributed by atoms with Gasteiger partial charge in [0.15, 0.2) is 0 Å². The zero-order valence-corrected chi connectivity index (χ0v) is 15.0. The van der Waals surface area contributed by atoms with Crippen molar-refractivity contribution in [3.05, 3.63) is 41.5 Å². The van der Waals surface area contributed by atoms with Gasteiger partial charge in [-0.1, -0.05) is 12.1 Å². The van der Waals surface area contributed by atoms with Crippen LogP contribution in [-0.4, -0.2) is 42.7 Å². The average molecular weight is 350 g/mol. The van der Waals surface area contributed by atoms with Crippen molar-refractivity contribution in [2.75, 3.05) is 23.8 Å². The Kier molecular flexibility index (Phi) is 4.60. The topological polar surface area (TPSA) is 77.3 Å². The predicted octanol–water partition coefficient (Wildman–Crippen LogP) is 1.82. The fraction of sp³-hybridized carbons (Fsp3) is 0.500. The van der Waals surface area contributed by atoms with Crippen LogP contribution in [0.25, 0.3) is 0 Å². The van der Waals surface area contributed by atoms with E-state index >= 15 is 0 Å². The summed E-state index contributed by atoms with van der Waals surface area (Å²) in [6.07, 6.45) is 2.07. The van der Waals surface area contributed by atoms with Gasteiger partial charge in [-0.2, -0.15) is 5.10 Å². The van der Waals surface area contributed by atoms with E-state index in [-0.39, 0.29) is 12.6 Å². The van der Waals surface area contributed by atoms with Crippen molar-refractivity contribution in [3.8, 4) is 0 Å². The number of sulfonamides is 1. The summed E-state index contributed by atoms with van der Waals surface area (Å²) >= 11 is 0. The van der Waals surface area contributed by atoms with Gasteiger partial charge in [0.2, 0.25) is 10.0 Å². The van der Waals surface area contributed by atoms with Crippen molar-refractivity contribution in [1.82, 2.24) is 14.8 Å². The fourth-order valence-corrected chi connectivity index (χ4v) is 3.75. The highest BCUT2D eigenvalue weighted by Crippen LogP contribution is 2.24. The second kappa shape index (κ2) is 6.52. The molecule has 8 heteroatoms. The fourth-order valence-electron chi connectivity index (χ4n) is 2.90. The van der Waals surface area contributed by atoms with Gasteiger partial charge in [0.25, 0.3) is 0 Å². The van der Waals surface area contributed by atoms with Crippen LogP contribution in [-0.2, 0) is 21.3 Å². The van der Waals surface area contributed by atoms with E-state index in [2.05, 4.69) is 10.1 Å². The summed E-state index contributed by atoms with van der Waals surface area (Å²) in [5.74, 6) is 1.27. The van der Waals surface area contributed by atoms with Crippen molar-refractivity contribution in [2.24, 2.45) is 0 Å². The smallest absolute Gasteiger partial charge is 0.232 e. The number of ether oxygens (including phenoxy) is 1. The highest BCUT2D eigenvalue weighted by atomic mass is 32.2. The minimum atomic E-state index is -3.44. The lowest BCUT2D eigenvalue weighted by Crippen LogP contribution is -2.31. The Hall–Kier alpha value is -1.93. The van der Waals surface area contributed by atoms with Crippen LogP contribution in [0.2, 0.25) is 0 Å². The van der Waals surface area contributed by atoms with Crippen LogP contribution < -0.4 is 4.31 Å². The number of aryl methyl sites for hydroxylation is 2. The minimum absolute atomic E-state index is 0.111. The first-order valence-corrected chi connectivity index (χ1v) is 9.73.